The first-order valence-corrected chi connectivity index (χ1v) is 6.66. The molecule has 1 aromatic rings. The maximum absolute atomic E-state index is 12.0. The van der Waals surface area contributed by atoms with Crippen molar-refractivity contribution in [2.75, 3.05) is 20.1 Å². The first-order chi connectivity index (χ1) is 7.77. The molecule has 0 spiro atoms. The first-order valence-electron chi connectivity index (χ1n) is 5.78. The van der Waals surface area contributed by atoms with E-state index in [1.807, 2.05) is 11.9 Å². The normalized spacial score (nSPS) is 19.9. The highest BCUT2D eigenvalue weighted by molar-refractivity contribution is 7.09. The predicted molar refractivity (Wildman–Crippen MR) is 66.7 cm³/mol. The van der Waals surface area contributed by atoms with E-state index < -0.39 is 0 Å². The van der Waals surface area contributed by atoms with Crippen LogP contribution in [0.1, 0.15) is 17.7 Å². The van der Waals surface area contributed by atoms with Gasteiger partial charge in [-0.25, -0.2) is 0 Å². The van der Waals surface area contributed by atoms with E-state index in [4.69, 9.17) is 0 Å². The van der Waals surface area contributed by atoms with Gasteiger partial charge < -0.3 is 10.2 Å². The summed E-state index contributed by atoms with van der Waals surface area (Å²) in [6.45, 7) is 1.80. The molecule has 0 aromatic carbocycles. The van der Waals surface area contributed by atoms with Crippen molar-refractivity contribution in [1.29, 1.82) is 0 Å². The van der Waals surface area contributed by atoms with E-state index in [0.717, 1.165) is 32.4 Å². The number of carbonyl (C=O) groups is 1. The summed E-state index contributed by atoms with van der Waals surface area (Å²) in [6, 6.07) is 4.24. The molecule has 0 unspecified atom stereocenters. The fraction of sp³-hybridized carbons (Fsp3) is 0.583. The molecular weight excluding hydrogens is 220 g/mol. The van der Waals surface area contributed by atoms with Gasteiger partial charge in [0.15, 0.2) is 0 Å². The number of hydrogen-bond acceptors (Lipinski definition) is 3. The Morgan fingerprint density at radius 1 is 1.69 bits per heavy atom. The fourth-order valence-corrected chi connectivity index (χ4v) is 2.70. The molecule has 1 aromatic heterocycles. The Labute approximate surface area is 100 Å². The highest BCUT2D eigenvalue weighted by Crippen LogP contribution is 2.11. The third kappa shape index (κ3) is 2.83. The molecule has 0 radical (unpaired) electrons. The van der Waals surface area contributed by atoms with Gasteiger partial charge in [0.25, 0.3) is 0 Å². The minimum absolute atomic E-state index is 0.0633. The maximum Gasteiger partial charge on any atom is 0.239 e. The molecule has 1 aliphatic heterocycles. The molecule has 2 heterocycles. The Kier molecular flexibility index (Phi) is 3.96. The molecule has 16 heavy (non-hydrogen) atoms. The largest absolute Gasteiger partial charge is 0.344 e. The molecule has 4 heteroatoms. The summed E-state index contributed by atoms with van der Waals surface area (Å²) < 4.78 is 0. The second kappa shape index (κ2) is 5.46. The van der Waals surface area contributed by atoms with Gasteiger partial charge in [-0.2, -0.15) is 0 Å². The summed E-state index contributed by atoms with van der Waals surface area (Å²) in [5, 5.41) is 5.32. The quantitative estimate of drug-likeness (QED) is 0.862. The average molecular weight is 238 g/mol. The van der Waals surface area contributed by atoms with Crippen LogP contribution in [0, 0.1) is 0 Å². The van der Waals surface area contributed by atoms with Gasteiger partial charge in [0.05, 0.1) is 6.04 Å². The molecule has 88 valence electrons. The zero-order chi connectivity index (χ0) is 11.4. The molecule has 1 N–H and O–H groups in total. The third-order valence-corrected chi connectivity index (χ3v) is 3.94. The van der Waals surface area contributed by atoms with E-state index in [1.54, 1.807) is 11.3 Å². The number of nitrogens with one attached hydrogen (secondary N) is 1. The smallest absolute Gasteiger partial charge is 0.239 e. The lowest BCUT2D eigenvalue weighted by molar-refractivity contribution is -0.131. The van der Waals surface area contributed by atoms with E-state index >= 15 is 0 Å². The van der Waals surface area contributed by atoms with Crippen molar-refractivity contribution >= 4 is 17.2 Å². The van der Waals surface area contributed by atoms with Crippen LogP contribution in [-0.2, 0) is 11.2 Å². The van der Waals surface area contributed by atoms with Crippen molar-refractivity contribution in [3.05, 3.63) is 22.4 Å². The van der Waals surface area contributed by atoms with E-state index in [2.05, 4.69) is 22.8 Å². The summed E-state index contributed by atoms with van der Waals surface area (Å²) in [4.78, 5) is 15.2. The second-order valence-corrected chi connectivity index (χ2v) is 5.27. The van der Waals surface area contributed by atoms with Gasteiger partial charge in [-0.05, 0) is 37.3 Å². The molecule has 0 saturated carbocycles. The standard InChI is InChI=1S/C12H18N2OS/c1-14(8-6-10-4-3-9-16-10)12(15)11-5-2-7-13-11/h3-4,9,11,13H,2,5-8H2,1H3/t11-/m1/s1. The Balaban J connectivity index is 1.78. The van der Waals surface area contributed by atoms with Crippen LogP contribution >= 0.6 is 11.3 Å². The van der Waals surface area contributed by atoms with Crippen LogP contribution in [0.15, 0.2) is 17.5 Å². The highest BCUT2D eigenvalue weighted by Gasteiger charge is 2.24. The summed E-state index contributed by atoms with van der Waals surface area (Å²) in [5.74, 6) is 0.244. The minimum Gasteiger partial charge on any atom is -0.344 e. The number of likely N-dealkylation sites (N-methyl/N-ethyl adjacent to an activating group) is 1. The lowest BCUT2D eigenvalue weighted by Gasteiger charge is -2.20. The van der Waals surface area contributed by atoms with Gasteiger partial charge in [0, 0.05) is 18.5 Å². The number of amides is 1. The summed E-state index contributed by atoms with van der Waals surface area (Å²) >= 11 is 1.76. The van der Waals surface area contributed by atoms with Gasteiger partial charge >= 0.3 is 0 Å². The van der Waals surface area contributed by atoms with E-state index in [1.165, 1.54) is 4.88 Å². The van der Waals surface area contributed by atoms with Crippen LogP contribution in [-0.4, -0.2) is 37.0 Å². The second-order valence-electron chi connectivity index (χ2n) is 4.24. The van der Waals surface area contributed by atoms with Crippen molar-refractivity contribution in [1.82, 2.24) is 10.2 Å². The number of hydrogen-bond donors (Lipinski definition) is 1. The van der Waals surface area contributed by atoms with E-state index in [-0.39, 0.29) is 11.9 Å². The lowest BCUT2D eigenvalue weighted by Crippen LogP contribution is -2.42. The van der Waals surface area contributed by atoms with Crippen molar-refractivity contribution in [2.45, 2.75) is 25.3 Å². The number of nitrogens with zero attached hydrogens (tertiary/aromatic N) is 1. The van der Waals surface area contributed by atoms with Crippen LogP contribution in [0.4, 0.5) is 0 Å². The number of carbonyl (C=O) groups excluding carboxylic acids is 1. The fourth-order valence-electron chi connectivity index (χ4n) is 2.00. The molecular formula is C12H18N2OS. The number of thiophene rings is 1. The van der Waals surface area contributed by atoms with E-state index in [0.29, 0.717) is 0 Å². The summed E-state index contributed by atoms with van der Waals surface area (Å²) in [7, 11) is 1.90. The molecule has 3 nitrogen and oxygen atoms in total. The van der Waals surface area contributed by atoms with Crippen LogP contribution in [0.25, 0.3) is 0 Å². The Hall–Kier alpha value is -0.870. The van der Waals surface area contributed by atoms with Crippen LogP contribution in [0.5, 0.6) is 0 Å². The molecule has 2 rings (SSSR count). The third-order valence-electron chi connectivity index (χ3n) is 3.01. The van der Waals surface area contributed by atoms with Gasteiger partial charge in [-0.3, -0.25) is 4.79 Å². The lowest BCUT2D eigenvalue weighted by atomic mass is 10.2. The zero-order valence-corrected chi connectivity index (χ0v) is 10.4. The Morgan fingerprint density at radius 2 is 2.56 bits per heavy atom. The van der Waals surface area contributed by atoms with Crippen molar-refractivity contribution in [3.8, 4) is 0 Å². The monoisotopic (exact) mass is 238 g/mol. The van der Waals surface area contributed by atoms with Gasteiger partial charge in [0.2, 0.25) is 5.91 Å². The van der Waals surface area contributed by atoms with Gasteiger partial charge in [0.1, 0.15) is 0 Å². The molecule has 1 fully saturated rings. The highest BCUT2D eigenvalue weighted by atomic mass is 32.1. The molecule has 1 aliphatic rings. The molecule has 0 aliphatic carbocycles. The summed E-state index contributed by atoms with van der Waals surface area (Å²) in [6.07, 6.45) is 3.07. The zero-order valence-electron chi connectivity index (χ0n) is 9.61. The van der Waals surface area contributed by atoms with Crippen LogP contribution < -0.4 is 5.32 Å². The van der Waals surface area contributed by atoms with Crippen LogP contribution in [0.3, 0.4) is 0 Å². The SMILES string of the molecule is CN(CCc1cccs1)C(=O)[C@H]1CCCN1. The Morgan fingerprint density at radius 3 is 3.19 bits per heavy atom. The predicted octanol–water partition coefficient (Wildman–Crippen LogP) is 1.50. The van der Waals surface area contributed by atoms with Gasteiger partial charge in [-0.15, -0.1) is 11.3 Å². The molecule has 1 amide bonds. The van der Waals surface area contributed by atoms with E-state index in [9.17, 15) is 4.79 Å². The average Bonchev–Trinajstić information content (AvgIpc) is 2.96. The molecule has 1 atom stereocenters. The van der Waals surface area contributed by atoms with Crippen molar-refractivity contribution < 1.29 is 4.79 Å². The maximum atomic E-state index is 12.0. The van der Waals surface area contributed by atoms with Crippen molar-refractivity contribution in [3.63, 3.8) is 0 Å². The minimum atomic E-state index is 0.0633. The molecule has 0 bridgehead atoms. The van der Waals surface area contributed by atoms with Crippen LogP contribution in [0.2, 0.25) is 0 Å². The first kappa shape index (κ1) is 11.6. The number of rotatable bonds is 4. The van der Waals surface area contributed by atoms with Crippen molar-refractivity contribution in [2.24, 2.45) is 0 Å². The Bertz CT molecular complexity index is 331. The van der Waals surface area contributed by atoms with Gasteiger partial charge in [-0.1, -0.05) is 6.07 Å². The molecule has 1 saturated heterocycles. The topological polar surface area (TPSA) is 32.3 Å². The summed E-state index contributed by atoms with van der Waals surface area (Å²) in [5.41, 5.74) is 0.